The van der Waals surface area contributed by atoms with Crippen molar-refractivity contribution in [1.82, 2.24) is 0 Å². The number of rotatable bonds is 1. The zero-order valence-corrected chi connectivity index (χ0v) is 12.3. The van der Waals surface area contributed by atoms with Gasteiger partial charge in [-0.2, -0.15) is 0 Å². The molecule has 0 heterocycles. The first-order chi connectivity index (χ1) is 9.35. The molecule has 4 heteroatoms. The number of aryl methyl sites for hydroxylation is 1. The van der Waals surface area contributed by atoms with Crippen LogP contribution in [0.25, 0.3) is 0 Å². The quantitative estimate of drug-likeness (QED) is 0.790. The van der Waals surface area contributed by atoms with Crippen molar-refractivity contribution in [3.8, 4) is 0 Å². The molecular weight excluding hydrogens is 254 g/mol. The second-order valence-corrected chi connectivity index (χ2v) is 6.13. The van der Waals surface area contributed by atoms with E-state index in [1.54, 1.807) is 6.07 Å². The minimum Gasteiger partial charge on any atom is -0.444 e. The van der Waals surface area contributed by atoms with Crippen molar-refractivity contribution in [2.24, 2.45) is 0 Å². The van der Waals surface area contributed by atoms with Crippen LogP contribution in [0.2, 0.25) is 0 Å². The monoisotopic (exact) mass is 275 g/mol. The minimum atomic E-state index is -0.536. The van der Waals surface area contributed by atoms with Gasteiger partial charge in [0.15, 0.2) is 5.78 Å². The molecule has 1 aliphatic rings. The van der Waals surface area contributed by atoms with Gasteiger partial charge >= 0.3 is 6.09 Å². The lowest BCUT2D eigenvalue weighted by Gasteiger charge is -2.20. The molecule has 0 fully saturated rings. The van der Waals surface area contributed by atoms with E-state index in [1.807, 2.05) is 32.9 Å². The van der Waals surface area contributed by atoms with Gasteiger partial charge in [-0.1, -0.05) is 6.07 Å². The Bertz CT molecular complexity index is 529. The lowest BCUT2D eigenvalue weighted by molar-refractivity contribution is 0.0635. The summed E-state index contributed by atoms with van der Waals surface area (Å²) >= 11 is 0. The molecule has 0 unspecified atom stereocenters. The van der Waals surface area contributed by atoms with Crippen LogP contribution in [0, 0.1) is 0 Å². The number of hydrogen-bond donors (Lipinski definition) is 1. The van der Waals surface area contributed by atoms with Gasteiger partial charge in [-0.15, -0.1) is 0 Å². The number of carbonyl (C=O) groups excluding carboxylic acids is 2. The SMILES string of the molecule is CC(C)(C)OC(=O)Nc1ccc2c(c1)C(=O)CCCC2. The molecule has 1 aliphatic carbocycles. The molecule has 0 spiro atoms. The number of Topliss-reactive ketones (excluding diaryl/α,β-unsaturated/α-hetero) is 1. The second kappa shape index (κ2) is 5.65. The summed E-state index contributed by atoms with van der Waals surface area (Å²) < 4.78 is 5.20. The molecule has 0 saturated heterocycles. The Balaban J connectivity index is 2.14. The van der Waals surface area contributed by atoms with Gasteiger partial charge in [0.2, 0.25) is 0 Å². The van der Waals surface area contributed by atoms with E-state index in [0.29, 0.717) is 12.1 Å². The van der Waals surface area contributed by atoms with Gasteiger partial charge in [0.25, 0.3) is 0 Å². The van der Waals surface area contributed by atoms with Gasteiger partial charge in [0, 0.05) is 17.7 Å². The third kappa shape index (κ3) is 3.83. The highest BCUT2D eigenvalue weighted by Crippen LogP contribution is 2.24. The molecule has 0 saturated carbocycles. The van der Waals surface area contributed by atoms with Gasteiger partial charge in [-0.3, -0.25) is 10.1 Å². The fourth-order valence-electron chi connectivity index (χ4n) is 2.29. The van der Waals surface area contributed by atoms with E-state index < -0.39 is 11.7 Å². The van der Waals surface area contributed by atoms with Crippen molar-refractivity contribution in [2.75, 3.05) is 5.32 Å². The Hall–Kier alpha value is -1.84. The Labute approximate surface area is 119 Å². The molecule has 1 amide bonds. The zero-order valence-electron chi connectivity index (χ0n) is 12.3. The Morgan fingerprint density at radius 3 is 2.60 bits per heavy atom. The number of benzene rings is 1. The highest BCUT2D eigenvalue weighted by Gasteiger charge is 2.18. The van der Waals surface area contributed by atoms with Gasteiger partial charge in [-0.05, 0) is 57.7 Å². The maximum Gasteiger partial charge on any atom is 0.412 e. The number of hydrogen-bond acceptors (Lipinski definition) is 3. The van der Waals surface area contributed by atoms with Crippen molar-refractivity contribution in [3.05, 3.63) is 29.3 Å². The first kappa shape index (κ1) is 14.6. The van der Waals surface area contributed by atoms with E-state index in [4.69, 9.17) is 4.74 Å². The predicted molar refractivity (Wildman–Crippen MR) is 78.2 cm³/mol. The van der Waals surface area contributed by atoms with Crippen LogP contribution in [0.15, 0.2) is 18.2 Å². The summed E-state index contributed by atoms with van der Waals surface area (Å²) in [5, 5.41) is 2.68. The van der Waals surface area contributed by atoms with E-state index in [-0.39, 0.29) is 5.78 Å². The standard InChI is InChI=1S/C16H21NO3/c1-16(2,3)20-15(19)17-12-9-8-11-6-4-5-7-14(18)13(11)10-12/h8-10H,4-7H2,1-3H3,(H,17,19). The first-order valence-electron chi connectivity index (χ1n) is 7.01. The molecule has 108 valence electrons. The Morgan fingerprint density at radius 2 is 1.90 bits per heavy atom. The van der Waals surface area contributed by atoms with Gasteiger partial charge in [0.05, 0.1) is 0 Å². The Morgan fingerprint density at radius 1 is 1.20 bits per heavy atom. The molecule has 0 atom stereocenters. The number of fused-ring (bicyclic) bond motifs is 1. The maximum absolute atomic E-state index is 12.0. The molecule has 1 aromatic rings. The minimum absolute atomic E-state index is 0.158. The molecule has 0 radical (unpaired) electrons. The van der Waals surface area contributed by atoms with Crippen LogP contribution in [-0.2, 0) is 11.2 Å². The van der Waals surface area contributed by atoms with Gasteiger partial charge in [-0.25, -0.2) is 4.79 Å². The van der Waals surface area contributed by atoms with Crippen molar-refractivity contribution < 1.29 is 14.3 Å². The van der Waals surface area contributed by atoms with E-state index in [9.17, 15) is 9.59 Å². The number of amides is 1. The third-order valence-electron chi connectivity index (χ3n) is 3.16. The zero-order chi connectivity index (χ0) is 14.8. The van der Waals surface area contributed by atoms with E-state index in [2.05, 4.69) is 5.32 Å². The van der Waals surface area contributed by atoms with Crippen LogP contribution in [0.4, 0.5) is 10.5 Å². The smallest absolute Gasteiger partial charge is 0.412 e. The van der Waals surface area contributed by atoms with Crippen LogP contribution in [0.5, 0.6) is 0 Å². The largest absolute Gasteiger partial charge is 0.444 e. The number of ketones is 1. The molecule has 4 nitrogen and oxygen atoms in total. The summed E-state index contributed by atoms with van der Waals surface area (Å²) in [4.78, 5) is 23.8. The van der Waals surface area contributed by atoms with Gasteiger partial charge in [0.1, 0.15) is 5.60 Å². The lowest BCUT2D eigenvalue weighted by atomic mass is 10.0. The molecule has 0 bridgehead atoms. The summed E-state index contributed by atoms with van der Waals surface area (Å²) in [6.45, 7) is 5.44. The summed E-state index contributed by atoms with van der Waals surface area (Å²) in [6, 6.07) is 5.50. The van der Waals surface area contributed by atoms with Crippen LogP contribution in [-0.4, -0.2) is 17.5 Å². The predicted octanol–water partition coefficient (Wildman–Crippen LogP) is 3.94. The van der Waals surface area contributed by atoms with E-state index in [0.717, 1.165) is 30.4 Å². The van der Waals surface area contributed by atoms with E-state index in [1.165, 1.54) is 0 Å². The van der Waals surface area contributed by atoms with Crippen molar-refractivity contribution in [1.29, 1.82) is 0 Å². The van der Waals surface area contributed by atoms with Crippen LogP contribution in [0.1, 0.15) is 56.0 Å². The van der Waals surface area contributed by atoms with Crippen LogP contribution in [0.3, 0.4) is 0 Å². The second-order valence-electron chi connectivity index (χ2n) is 6.13. The fourth-order valence-corrected chi connectivity index (χ4v) is 2.29. The van der Waals surface area contributed by atoms with Crippen molar-refractivity contribution in [3.63, 3.8) is 0 Å². The molecule has 0 aliphatic heterocycles. The number of ether oxygens (including phenoxy) is 1. The Kier molecular flexibility index (Phi) is 4.12. The summed E-state index contributed by atoms with van der Waals surface area (Å²) in [5.74, 6) is 0.158. The van der Waals surface area contributed by atoms with Crippen molar-refractivity contribution in [2.45, 2.75) is 52.1 Å². The topological polar surface area (TPSA) is 55.4 Å². The van der Waals surface area contributed by atoms with E-state index >= 15 is 0 Å². The maximum atomic E-state index is 12.0. The normalized spacial score (nSPS) is 15.2. The number of nitrogens with one attached hydrogen (secondary N) is 1. The summed E-state index contributed by atoms with van der Waals surface area (Å²) in [6.07, 6.45) is 2.98. The number of anilines is 1. The molecule has 1 N–H and O–H groups in total. The highest BCUT2D eigenvalue weighted by molar-refractivity contribution is 5.99. The molecular formula is C16H21NO3. The molecule has 1 aromatic carbocycles. The third-order valence-corrected chi connectivity index (χ3v) is 3.16. The van der Waals surface area contributed by atoms with Crippen molar-refractivity contribution >= 4 is 17.6 Å². The average molecular weight is 275 g/mol. The van der Waals surface area contributed by atoms with Crippen LogP contribution < -0.4 is 5.32 Å². The summed E-state index contributed by atoms with van der Waals surface area (Å²) in [5.41, 5.74) is 1.87. The highest BCUT2D eigenvalue weighted by atomic mass is 16.6. The average Bonchev–Trinajstić information content (AvgIpc) is 2.49. The molecule has 20 heavy (non-hydrogen) atoms. The van der Waals surface area contributed by atoms with Crippen LogP contribution >= 0.6 is 0 Å². The lowest BCUT2D eigenvalue weighted by Crippen LogP contribution is -2.27. The number of carbonyl (C=O) groups is 2. The first-order valence-corrected chi connectivity index (χ1v) is 7.01. The molecule has 2 rings (SSSR count). The fraction of sp³-hybridized carbons (Fsp3) is 0.500. The summed E-state index contributed by atoms with van der Waals surface area (Å²) in [7, 11) is 0. The van der Waals surface area contributed by atoms with Gasteiger partial charge < -0.3 is 4.74 Å². The molecule has 0 aromatic heterocycles.